The average Bonchev–Trinajstić information content (AvgIpc) is 3.11. The van der Waals surface area contributed by atoms with Gasteiger partial charge in [-0.15, -0.1) is 0 Å². The fourth-order valence-electron chi connectivity index (χ4n) is 5.57. The van der Waals surface area contributed by atoms with E-state index in [-0.39, 0.29) is 18.2 Å². The number of nitrogens with zero attached hydrogens (tertiary/aromatic N) is 2. The standard InChI is InChI=1S/C33H27ClN2O3/c1-21-27(20-32(37)36-29-9-5-3-7-22(29)11-12-23-8-4-6-10-30(23)36)28-19-26(39-2)17-18-31(28)35(21)33(38)24-13-15-25(34)16-14-24/h3-10,13-19H,11-12,20H2,1-2H3. The minimum Gasteiger partial charge on any atom is -0.497 e. The summed E-state index contributed by atoms with van der Waals surface area (Å²) in [6.07, 6.45) is 1.85. The lowest BCUT2D eigenvalue weighted by Gasteiger charge is -2.25. The van der Waals surface area contributed by atoms with Crippen molar-refractivity contribution in [2.24, 2.45) is 0 Å². The van der Waals surface area contributed by atoms with Crippen molar-refractivity contribution < 1.29 is 14.3 Å². The Balaban J connectivity index is 1.49. The van der Waals surface area contributed by atoms with Crippen LogP contribution in [0.5, 0.6) is 5.75 Å². The van der Waals surface area contributed by atoms with Crippen LogP contribution in [0, 0.1) is 6.92 Å². The lowest BCUT2D eigenvalue weighted by molar-refractivity contribution is -0.117. The third-order valence-corrected chi connectivity index (χ3v) is 7.79. The maximum Gasteiger partial charge on any atom is 0.262 e. The van der Waals surface area contributed by atoms with Crippen LogP contribution < -0.4 is 9.64 Å². The molecule has 39 heavy (non-hydrogen) atoms. The van der Waals surface area contributed by atoms with Crippen molar-refractivity contribution in [2.75, 3.05) is 12.0 Å². The normalized spacial score (nSPS) is 12.5. The van der Waals surface area contributed by atoms with E-state index in [0.29, 0.717) is 16.3 Å². The zero-order chi connectivity index (χ0) is 27.1. The Morgan fingerprint density at radius 2 is 1.46 bits per heavy atom. The summed E-state index contributed by atoms with van der Waals surface area (Å²) in [6.45, 7) is 1.90. The number of ether oxygens (including phenoxy) is 1. The van der Waals surface area contributed by atoms with Crippen molar-refractivity contribution in [2.45, 2.75) is 26.2 Å². The summed E-state index contributed by atoms with van der Waals surface area (Å²) in [5.74, 6) is 0.432. The number of methoxy groups -OCH3 is 1. The summed E-state index contributed by atoms with van der Waals surface area (Å²) < 4.78 is 7.20. The van der Waals surface area contributed by atoms with E-state index < -0.39 is 0 Å². The zero-order valence-corrected chi connectivity index (χ0v) is 22.5. The fourth-order valence-corrected chi connectivity index (χ4v) is 5.70. The average molecular weight is 535 g/mol. The molecule has 0 fully saturated rings. The predicted octanol–water partition coefficient (Wildman–Crippen LogP) is 7.31. The molecule has 4 aromatic carbocycles. The van der Waals surface area contributed by atoms with Gasteiger partial charge in [-0.05, 0) is 91.1 Å². The second-order valence-electron chi connectivity index (χ2n) is 9.76. The Morgan fingerprint density at radius 3 is 2.08 bits per heavy atom. The van der Waals surface area contributed by atoms with Gasteiger partial charge in [-0.2, -0.15) is 0 Å². The van der Waals surface area contributed by atoms with E-state index in [4.69, 9.17) is 16.3 Å². The number of aryl methyl sites for hydroxylation is 2. The summed E-state index contributed by atoms with van der Waals surface area (Å²) in [6, 6.07) is 28.6. The minimum atomic E-state index is -0.177. The van der Waals surface area contributed by atoms with E-state index in [1.54, 1.807) is 35.9 Å². The molecule has 0 bridgehead atoms. The first-order valence-corrected chi connectivity index (χ1v) is 13.3. The number of hydrogen-bond donors (Lipinski definition) is 0. The molecule has 1 aliphatic heterocycles. The third kappa shape index (κ3) is 4.39. The molecule has 1 amide bonds. The Labute approximate surface area is 232 Å². The van der Waals surface area contributed by atoms with Crippen LogP contribution in [-0.2, 0) is 24.1 Å². The molecule has 0 spiro atoms. The maximum atomic E-state index is 14.3. The van der Waals surface area contributed by atoms with Crippen molar-refractivity contribution in [3.8, 4) is 5.75 Å². The van der Waals surface area contributed by atoms with Gasteiger partial charge in [0.15, 0.2) is 0 Å². The van der Waals surface area contributed by atoms with E-state index >= 15 is 0 Å². The van der Waals surface area contributed by atoms with Gasteiger partial charge in [0.1, 0.15) is 5.75 Å². The molecular weight excluding hydrogens is 508 g/mol. The third-order valence-electron chi connectivity index (χ3n) is 7.54. The van der Waals surface area contributed by atoms with Crippen molar-refractivity contribution in [3.05, 3.63) is 124 Å². The van der Waals surface area contributed by atoms with E-state index in [2.05, 4.69) is 12.1 Å². The highest BCUT2D eigenvalue weighted by molar-refractivity contribution is 6.30. The Hall–Kier alpha value is -4.35. The predicted molar refractivity (Wildman–Crippen MR) is 156 cm³/mol. The molecule has 2 heterocycles. The van der Waals surface area contributed by atoms with Crippen LogP contribution in [0.15, 0.2) is 91.0 Å². The smallest absolute Gasteiger partial charge is 0.262 e. The molecule has 6 rings (SSSR count). The maximum absolute atomic E-state index is 14.3. The van der Waals surface area contributed by atoms with E-state index in [9.17, 15) is 9.59 Å². The van der Waals surface area contributed by atoms with Crippen LogP contribution in [-0.4, -0.2) is 23.5 Å². The number of para-hydroxylation sites is 2. The number of carbonyl (C=O) groups is 2. The largest absolute Gasteiger partial charge is 0.497 e. The van der Waals surface area contributed by atoms with E-state index in [1.807, 2.05) is 66.4 Å². The highest BCUT2D eigenvalue weighted by Crippen LogP contribution is 2.38. The summed E-state index contributed by atoms with van der Waals surface area (Å²) in [5.41, 5.74) is 6.86. The SMILES string of the molecule is COc1ccc2c(c1)c(CC(=O)N1c3ccccc3CCc3ccccc31)c(C)n2C(=O)c1ccc(Cl)cc1. The number of amides is 1. The molecule has 0 unspecified atom stereocenters. The monoisotopic (exact) mass is 534 g/mol. The molecule has 0 saturated heterocycles. The number of anilines is 2. The van der Waals surface area contributed by atoms with Crippen molar-refractivity contribution in [1.29, 1.82) is 0 Å². The van der Waals surface area contributed by atoms with Gasteiger partial charge >= 0.3 is 0 Å². The van der Waals surface area contributed by atoms with Crippen molar-refractivity contribution in [3.63, 3.8) is 0 Å². The van der Waals surface area contributed by atoms with Crippen molar-refractivity contribution >= 4 is 45.7 Å². The van der Waals surface area contributed by atoms with Crippen LogP contribution in [0.2, 0.25) is 5.02 Å². The zero-order valence-electron chi connectivity index (χ0n) is 21.8. The fraction of sp³-hybridized carbons (Fsp3) is 0.152. The number of carbonyl (C=O) groups excluding carboxylic acids is 2. The first-order chi connectivity index (χ1) is 19.0. The number of halogens is 1. The van der Waals surface area contributed by atoms with Gasteiger partial charge in [0, 0.05) is 21.7 Å². The van der Waals surface area contributed by atoms with Gasteiger partial charge in [-0.3, -0.25) is 19.1 Å². The quantitative estimate of drug-likeness (QED) is 0.243. The summed E-state index contributed by atoms with van der Waals surface area (Å²) in [4.78, 5) is 29.8. The van der Waals surface area contributed by atoms with E-state index in [1.165, 1.54) is 0 Å². The van der Waals surface area contributed by atoms with Crippen LogP contribution in [0.4, 0.5) is 11.4 Å². The van der Waals surface area contributed by atoms with E-state index in [0.717, 1.165) is 57.5 Å². The van der Waals surface area contributed by atoms with Gasteiger partial charge in [-0.1, -0.05) is 48.0 Å². The van der Waals surface area contributed by atoms with Gasteiger partial charge in [0.2, 0.25) is 5.91 Å². The van der Waals surface area contributed by atoms with Gasteiger partial charge in [-0.25, -0.2) is 0 Å². The molecule has 1 aromatic heterocycles. The second kappa shape index (κ2) is 10.1. The number of rotatable bonds is 4. The van der Waals surface area contributed by atoms with Gasteiger partial charge < -0.3 is 4.74 Å². The molecule has 194 valence electrons. The Kier molecular flexibility index (Phi) is 6.45. The van der Waals surface area contributed by atoms with Crippen LogP contribution >= 0.6 is 11.6 Å². The van der Waals surface area contributed by atoms with Gasteiger partial charge in [0.25, 0.3) is 5.91 Å². The molecule has 6 heteroatoms. The first kappa shape index (κ1) is 25.0. The number of fused-ring (bicyclic) bond motifs is 3. The second-order valence-corrected chi connectivity index (χ2v) is 10.2. The van der Waals surface area contributed by atoms with Crippen molar-refractivity contribution in [1.82, 2.24) is 4.57 Å². The molecule has 0 atom stereocenters. The molecule has 0 aliphatic carbocycles. The molecular formula is C33H27ClN2O3. The minimum absolute atomic E-state index is 0.0549. The van der Waals surface area contributed by atoms with Crippen LogP contribution in [0.25, 0.3) is 10.9 Å². The van der Waals surface area contributed by atoms with Crippen LogP contribution in [0.1, 0.15) is 32.7 Å². The highest BCUT2D eigenvalue weighted by Gasteiger charge is 2.28. The molecule has 0 saturated carbocycles. The van der Waals surface area contributed by atoms with Crippen LogP contribution in [0.3, 0.4) is 0 Å². The number of hydrogen-bond acceptors (Lipinski definition) is 3. The molecule has 0 N–H and O–H groups in total. The molecule has 5 nitrogen and oxygen atoms in total. The lowest BCUT2D eigenvalue weighted by Crippen LogP contribution is -2.28. The number of benzene rings is 4. The molecule has 0 radical (unpaired) electrons. The first-order valence-electron chi connectivity index (χ1n) is 12.9. The number of aromatic nitrogens is 1. The Bertz CT molecular complexity index is 1690. The topological polar surface area (TPSA) is 51.5 Å². The summed E-state index contributed by atoms with van der Waals surface area (Å²) in [5, 5.41) is 1.38. The van der Waals surface area contributed by atoms with Gasteiger partial charge in [0.05, 0.1) is 30.4 Å². The highest BCUT2D eigenvalue weighted by atomic mass is 35.5. The summed E-state index contributed by atoms with van der Waals surface area (Å²) in [7, 11) is 1.61. The molecule has 5 aromatic rings. The Morgan fingerprint density at radius 1 is 0.846 bits per heavy atom. The summed E-state index contributed by atoms with van der Waals surface area (Å²) >= 11 is 6.07. The lowest BCUT2D eigenvalue weighted by atomic mass is 10.0. The molecule has 1 aliphatic rings.